The summed E-state index contributed by atoms with van der Waals surface area (Å²) in [5, 5.41) is 2.40. The van der Waals surface area contributed by atoms with Crippen molar-refractivity contribution in [2.45, 2.75) is 43.8 Å². The molecule has 1 aliphatic rings. The standard InChI is InChI=1S/C25H23F7N2O/c1-3-24(4-2,14-33-17-12-10-16(26)11-13-17)34(32)23(35)25(15-8-6-5-7-9-15)21(30)19(28)18(27)20(29)22(25)31/h5-13,21,33H,3-4,14H2,1-2H3. The number of halogens is 7. The van der Waals surface area contributed by atoms with Crippen LogP contribution in [0.3, 0.4) is 0 Å². The Bertz CT molecular complexity index is 1130. The molecule has 1 aliphatic carbocycles. The van der Waals surface area contributed by atoms with E-state index >= 15 is 13.3 Å². The number of hydrogen-bond acceptors (Lipinski definition) is 2. The molecule has 0 saturated carbocycles. The Morgan fingerprint density at radius 3 is 2.06 bits per heavy atom. The van der Waals surface area contributed by atoms with Crippen LogP contribution < -0.4 is 5.32 Å². The van der Waals surface area contributed by atoms with E-state index in [0.29, 0.717) is 5.69 Å². The summed E-state index contributed by atoms with van der Waals surface area (Å²) < 4.78 is 102. The van der Waals surface area contributed by atoms with Crippen molar-refractivity contribution in [3.63, 3.8) is 0 Å². The molecule has 0 bridgehead atoms. The van der Waals surface area contributed by atoms with Crippen LogP contribution in [0, 0.1) is 5.82 Å². The topological polar surface area (TPSA) is 32.3 Å². The zero-order valence-electron chi connectivity index (χ0n) is 18.9. The van der Waals surface area contributed by atoms with Crippen LogP contribution in [0.1, 0.15) is 32.3 Å². The molecule has 35 heavy (non-hydrogen) atoms. The molecule has 0 aliphatic heterocycles. The van der Waals surface area contributed by atoms with Crippen molar-refractivity contribution in [1.29, 1.82) is 0 Å². The molecular weight excluding hydrogens is 477 g/mol. The number of nitrogens with zero attached hydrogens (tertiary/aromatic N) is 1. The van der Waals surface area contributed by atoms with E-state index in [4.69, 9.17) is 0 Å². The number of anilines is 1. The molecule has 188 valence electrons. The zero-order chi connectivity index (χ0) is 26.0. The zero-order valence-corrected chi connectivity index (χ0v) is 18.9. The number of nitrogens with one attached hydrogen (secondary N) is 1. The first-order valence-corrected chi connectivity index (χ1v) is 10.9. The van der Waals surface area contributed by atoms with E-state index in [1.54, 1.807) is 0 Å². The van der Waals surface area contributed by atoms with Gasteiger partial charge in [0, 0.05) is 12.2 Å². The maximum Gasteiger partial charge on any atom is 0.271 e. The van der Waals surface area contributed by atoms with Gasteiger partial charge in [-0.25, -0.2) is 26.3 Å². The van der Waals surface area contributed by atoms with E-state index in [1.165, 1.54) is 44.2 Å². The fourth-order valence-electron chi connectivity index (χ4n) is 4.14. The van der Waals surface area contributed by atoms with E-state index in [0.717, 1.165) is 24.3 Å². The lowest BCUT2D eigenvalue weighted by atomic mass is 9.70. The fraction of sp³-hybridized carbons (Fsp3) is 0.320. The first-order valence-electron chi connectivity index (χ1n) is 10.9. The number of hydrogen-bond donors (Lipinski definition) is 1. The van der Waals surface area contributed by atoms with E-state index in [2.05, 4.69) is 5.32 Å². The average molecular weight is 500 g/mol. The molecular formula is C25H23F7N2O. The SMILES string of the molecule is CCC(CC)(CNc1ccc(F)cc1)N(F)C(=O)C1(c2ccccc2)C(F)=C(F)C(F)=C(F)C1F. The highest BCUT2D eigenvalue weighted by Crippen LogP contribution is 2.51. The summed E-state index contributed by atoms with van der Waals surface area (Å²) in [4.78, 5) is 13.5. The molecule has 0 heterocycles. The minimum absolute atomic E-state index is 0.0811. The van der Waals surface area contributed by atoms with Crippen LogP contribution in [-0.4, -0.2) is 29.3 Å². The smallest absolute Gasteiger partial charge is 0.271 e. The van der Waals surface area contributed by atoms with Crippen molar-refractivity contribution < 1.29 is 35.6 Å². The summed E-state index contributed by atoms with van der Waals surface area (Å²) in [6.45, 7) is 2.72. The second-order valence-electron chi connectivity index (χ2n) is 8.20. The van der Waals surface area contributed by atoms with Crippen LogP contribution in [0.4, 0.5) is 36.5 Å². The van der Waals surface area contributed by atoms with Crippen molar-refractivity contribution in [3.05, 3.63) is 89.3 Å². The molecule has 2 unspecified atom stereocenters. The number of benzene rings is 2. The highest BCUT2D eigenvalue weighted by atomic mass is 19.2. The number of amides is 1. The van der Waals surface area contributed by atoms with Crippen molar-refractivity contribution in [2.24, 2.45) is 0 Å². The Balaban J connectivity index is 2.10. The third-order valence-electron chi connectivity index (χ3n) is 6.49. The van der Waals surface area contributed by atoms with Crippen LogP contribution in [-0.2, 0) is 10.2 Å². The van der Waals surface area contributed by atoms with Gasteiger partial charge in [-0.15, -0.1) is 0 Å². The molecule has 3 nitrogen and oxygen atoms in total. The Morgan fingerprint density at radius 2 is 1.51 bits per heavy atom. The number of allylic oxidation sites excluding steroid dienone is 3. The van der Waals surface area contributed by atoms with Crippen molar-refractivity contribution in [2.75, 3.05) is 11.9 Å². The van der Waals surface area contributed by atoms with Crippen molar-refractivity contribution in [3.8, 4) is 0 Å². The van der Waals surface area contributed by atoms with Crippen LogP contribution in [0.5, 0.6) is 0 Å². The average Bonchev–Trinajstić information content (AvgIpc) is 2.89. The molecule has 2 aromatic rings. The van der Waals surface area contributed by atoms with Crippen molar-refractivity contribution >= 4 is 11.6 Å². The Hall–Kier alpha value is -3.30. The van der Waals surface area contributed by atoms with Gasteiger partial charge >= 0.3 is 0 Å². The third-order valence-corrected chi connectivity index (χ3v) is 6.49. The molecule has 1 N–H and O–H groups in total. The van der Waals surface area contributed by atoms with Crippen LogP contribution in [0.2, 0.25) is 0 Å². The van der Waals surface area contributed by atoms with E-state index < -0.39 is 62.8 Å². The summed E-state index contributed by atoms with van der Waals surface area (Å²) in [5.74, 6) is -11.9. The van der Waals surface area contributed by atoms with Crippen LogP contribution in [0.25, 0.3) is 0 Å². The summed E-state index contributed by atoms with van der Waals surface area (Å²) in [6.07, 6.45) is -3.53. The highest BCUT2D eigenvalue weighted by Gasteiger charge is 2.62. The molecule has 10 heteroatoms. The van der Waals surface area contributed by atoms with Gasteiger partial charge in [0.15, 0.2) is 34.9 Å². The molecule has 0 saturated heterocycles. The normalized spacial score (nSPS) is 20.8. The summed E-state index contributed by atoms with van der Waals surface area (Å²) in [7, 11) is 0. The van der Waals surface area contributed by atoms with E-state index in [-0.39, 0.29) is 19.4 Å². The Kier molecular flexibility index (Phi) is 7.62. The Labute approximate surface area is 197 Å². The fourth-order valence-corrected chi connectivity index (χ4v) is 4.14. The van der Waals surface area contributed by atoms with Crippen molar-refractivity contribution in [1.82, 2.24) is 5.12 Å². The van der Waals surface area contributed by atoms with Gasteiger partial charge in [0.2, 0.25) is 0 Å². The second-order valence-corrected chi connectivity index (χ2v) is 8.20. The van der Waals surface area contributed by atoms with Crippen LogP contribution in [0.15, 0.2) is 77.9 Å². The highest BCUT2D eigenvalue weighted by molar-refractivity contribution is 5.93. The van der Waals surface area contributed by atoms with Gasteiger partial charge < -0.3 is 5.32 Å². The lowest BCUT2D eigenvalue weighted by Crippen LogP contribution is -2.60. The summed E-state index contributed by atoms with van der Waals surface area (Å²) in [5.41, 5.74) is -5.43. The van der Waals surface area contributed by atoms with Gasteiger partial charge in [-0.3, -0.25) is 4.79 Å². The van der Waals surface area contributed by atoms with E-state index in [9.17, 15) is 22.4 Å². The van der Waals surface area contributed by atoms with Gasteiger partial charge in [0.1, 0.15) is 5.82 Å². The molecule has 0 fully saturated rings. The third kappa shape index (κ3) is 4.30. The summed E-state index contributed by atoms with van der Waals surface area (Å²) in [6, 6.07) is 10.9. The molecule has 2 aromatic carbocycles. The quantitative estimate of drug-likeness (QED) is 0.310. The number of carbonyl (C=O) groups is 1. The predicted octanol–water partition coefficient (Wildman–Crippen LogP) is 7.10. The molecule has 0 aromatic heterocycles. The van der Waals surface area contributed by atoms with Gasteiger partial charge in [-0.05, 0) is 42.7 Å². The lowest BCUT2D eigenvalue weighted by Gasteiger charge is -2.43. The Morgan fingerprint density at radius 1 is 0.943 bits per heavy atom. The number of carbonyl (C=O) groups excluding carboxylic acids is 1. The molecule has 2 atom stereocenters. The maximum atomic E-state index is 16.0. The first-order chi connectivity index (χ1) is 16.6. The maximum absolute atomic E-state index is 16.0. The van der Waals surface area contributed by atoms with Gasteiger partial charge in [-0.1, -0.05) is 48.7 Å². The van der Waals surface area contributed by atoms with Gasteiger partial charge in [0.05, 0.1) is 5.54 Å². The monoisotopic (exact) mass is 500 g/mol. The van der Waals surface area contributed by atoms with Gasteiger partial charge in [0.25, 0.3) is 5.91 Å². The second kappa shape index (κ2) is 10.1. The molecule has 1 amide bonds. The minimum atomic E-state index is -3.47. The largest absolute Gasteiger partial charge is 0.383 e. The van der Waals surface area contributed by atoms with Crippen LogP contribution >= 0.6 is 0 Å². The molecule has 0 spiro atoms. The first kappa shape index (κ1) is 26.3. The van der Waals surface area contributed by atoms with E-state index in [1.807, 2.05) is 0 Å². The lowest BCUT2D eigenvalue weighted by molar-refractivity contribution is -0.172. The molecule has 0 radical (unpaired) electrons. The molecule has 3 rings (SSSR count). The minimum Gasteiger partial charge on any atom is -0.383 e. The summed E-state index contributed by atoms with van der Waals surface area (Å²) >= 11 is 0. The predicted molar refractivity (Wildman–Crippen MR) is 118 cm³/mol. The van der Waals surface area contributed by atoms with Gasteiger partial charge in [-0.2, -0.15) is 5.12 Å². The number of alkyl halides is 1. The number of rotatable bonds is 8.